The Labute approximate surface area is 78.8 Å². The average Bonchev–Trinajstić information content (AvgIpc) is 2.06. The van der Waals surface area contributed by atoms with Gasteiger partial charge in [-0.25, -0.2) is 0 Å². The fourth-order valence-electron chi connectivity index (χ4n) is 2.74. The number of hydrogen-bond donors (Lipinski definition) is 0. The van der Waals surface area contributed by atoms with Crippen molar-refractivity contribution in [2.75, 3.05) is 0 Å². The maximum atomic E-state index is 2.41. The lowest BCUT2D eigenvalue weighted by Gasteiger charge is -2.41. The molecule has 0 rings (SSSR count). The minimum absolute atomic E-state index is 0.592. The van der Waals surface area contributed by atoms with Crippen molar-refractivity contribution in [2.45, 2.75) is 60.8 Å². The van der Waals surface area contributed by atoms with Crippen LogP contribution >= 0.6 is 0 Å². The van der Waals surface area contributed by atoms with Gasteiger partial charge in [0.2, 0.25) is 0 Å². The topological polar surface area (TPSA) is 0 Å². The second kappa shape index (κ2) is 4.89. The van der Waals surface area contributed by atoms with Crippen LogP contribution in [0.2, 0.25) is 0 Å². The highest BCUT2D eigenvalue weighted by Gasteiger charge is 2.34. The van der Waals surface area contributed by atoms with Gasteiger partial charge in [0.1, 0.15) is 0 Å². The molecule has 12 heavy (non-hydrogen) atoms. The molecule has 0 heteroatoms. The predicted molar refractivity (Wildman–Crippen MR) is 57.3 cm³/mol. The standard InChI is InChI=1S/C12H26/c1-7-11(6)12(8-2,9-3)10(4)5/h10-11H,7-9H2,1-6H3/t11-/m1/s1. The second-order valence-corrected chi connectivity index (χ2v) is 4.40. The summed E-state index contributed by atoms with van der Waals surface area (Å²) in [6.07, 6.45) is 3.98. The smallest absolute Gasteiger partial charge is 0.0254 e. The van der Waals surface area contributed by atoms with Crippen LogP contribution in [0.5, 0.6) is 0 Å². The van der Waals surface area contributed by atoms with Crippen molar-refractivity contribution < 1.29 is 0 Å². The van der Waals surface area contributed by atoms with Crippen LogP contribution in [0, 0.1) is 17.3 Å². The fourth-order valence-corrected chi connectivity index (χ4v) is 2.74. The molecule has 0 fully saturated rings. The lowest BCUT2D eigenvalue weighted by Crippen LogP contribution is -2.32. The third kappa shape index (κ3) is 2.02. The van der Waals surface area contributed by atoms with E-state index >= 15 is 0 Å². The van der Waals surface area contributed by atoms with Crippen molar-refractivity contribution in [3.8, 4) is 0 Å². The van der Waals surface area contributed by atoms with Gasteiger partial charge in [-0.15, -0.1) is 0 Å². The summed E-state index contributed by atoms with van der Waals surface area (Å²) in [5.74, 6) is 1.69. The van der Waals surface area contributed by atoms with Crippen LogP contribution in [0.3, 0.4) is 0 Å². The van der Waals surface area contributed by atoms with Gasteiger partial charge in [0.15, 0.2) is 0 Å². The molecule has 0 spiro atoms. The zero-order valence-electron chi connectivity index (χ0n) is 9.78. The molecular weight excluding hydrogens is 144 g/mol. The average molecular weight is 170 g/mol. The van der Waals surface area contributed by atoms with E-state index < -0.39 is 0 Å². The second-order valence-electron chi connectivity index (χ2n) is 4.40. The molecule has 0 bridgehead atoms. The quantitative estimate of drug-likeness (QED) is 0.570. The van der Waals surface area contributed by atoms with Gasteiger partial charge in [-0.2, -0.15) is 0 Å². The molecule has 0 aliphatic heterocycles. The Morgan fingerprint density at radius 2 is 1.33 bits per heavy atom. The predicted octanol–water partition coefficient (Wildman–Crippen LogP) is 4.49. The molecule has 0 amide bonds. The molecule has 0 aliphatic rings. The Kier molecular flexibility index (Phi) is 4.89. The van der Waals surface area contributed by atoms with Crippen LogP contribution in [0.4, 0.5) is 0 Å². The Morgan fingerprint density at radius 3 is 1.42 bits per heavy atom. The SMILES string of the molecule is CC[C@@H](C)C(CC)(CC)C(C)C. The largest absolute Gasteiger partial charge is 0.0651 e. The summed E-state index contributed by atoms with van der Waals surface area (Å²) in [7, 11) is 0. The van der Waals surface area contributed by atoms with Gasteiger partial charge >= 0.3 is 0 Å². The van der Waals surface area contributed by atoms with Crippen LogP contribution < -0.4 is 0 Å². The van der Waals surface area contributed by atoms with E-state index in [-0.39, 0.29) is 0 Å². The van der Waals surface area contributed by atoms with E-state index in [0.29, 0.717) is 5.41 Å². The van der Waals surface area contributed by atoms with E-state index in [1.54, 1.807) is 0 Å². The van der Waals surface area contributed by atoms with Crippen molar-refractivity contribution in [1.29, 1.82) is 0 Å². The molecule has 0 nitrogen and oxygen atoms in total. The monoisotopic (exact) mass is 170 g/mol. The molecular formula is C12H26. The highest BCUT2D eigenvalue weighted by Crippen LogP contribution is 2.43. The molecule has 0 aromatic heterocycles. The highest BCUT2D eigenvalue weighted by molar-refractivity contribution is 4.84. The summed E-state index contributed by atoms with van der Waals surface area (Å²) < 4.78 is 0. The Bertz CT molecular complexity index is 109. The first-order valence-electron chi connectivity index (χ1n) is 5.55. The minimum atomic E-state index is 0.592. The molecule has 74 valence electrons. The van der Waals surface area contributed by atoms with Gasteiger partial charge in [-0.1, -0.05) is 48.0 Å². The molecule has 0 N–H and O–H groups in total. The first-order valence-corrected chi connectivity index (χ1v) is 5.55. The van der Waals surface area contributed by atoms with Crippen LogP contribution in [0.1, 0.15) is 60.8 Å². The third-order valence-electron chi connectivity index (χ3n) is 4.06. The third-order valence-corrected chi connectivity index (χ3v) is 4.06. The van der Waals surface area contributed by atoms with Crippen molar-refractivity contribution in [3.63, 3.8) is 0 Å². The maximum absolute atomic E-state index is 2.41. The van der Waals surface area contributed by atoms with E-state index in [9.17, 15) is 0 Å². The van der Waals surface area contributed by atoms with Gasteiger partial charge in [-0.3, -0.25) is 0 Å². The molecule has 0 saturated carbocycles. The van der Waals surface area contributed by atoms with Crippen molar-refractivity contribution >= 4 is 0 Å². The van der Waals surface area contributed by atoms with Crippen molar-refractivity contribution in [2.24, 2.45) is 17.3 Å². The minimum Gasteiger partial charge on any atom is -0.0651 e. The first-order chi connectivity index (χ1) is 5.55. The molecule has 1 atom stereocenters. The summed E-state index contributed by atoms with van der Waals surface area (Å²) in [5, 5.41) is 0. The first kappa shape index (κ1) is 12.0. The van der Waals surface area contributed by atoms with Gasteiger partial charge in [0.05, 0.1) is 0 Å². The van der Waals surface area contributed by atoms with Gasteiger partial charge in [-0.05, 0) is 30.1 Å². The lowest BCUT2D eigenvalue weighted by atomic mass is 9.64. The summed E-state index contributed by atoms with van der Waals surface area (Å²) in [5.41, 5.74) is 0.592. The summed E-state index contributed by atoms with van der Waals surface area (Å²) >= 11 is 0. The molecule has 0 saturated heterocycles. The Hall–Kier alpha value is 0. The Morgan fingerprint density at radius 1 is 0.917 bits per heavy atom. The molecule has 0 aromatic rings. The van der Waals surface area contributed by atoms with E-state index in [1.165, 1.54) is 19.3 Å². The van der Waals surface area contributed by atoms with Crippen LogP contribution in [0.25, 0.3) is 0 Å². The van der Waals surface area contributed by atoms with Gasteiger partial charge in [0.25, 0.3) is 0 Å². The lowest BCUT2D eigenvalue weighted by molar-refractivity contribution is 0.0850. The number of hydrogen-bond acceptors (Lipinski definition) is 0. The van der Waals surface area contributed by atoms with E-state index in [1.807, 2.05) is 0 Å². The summed E-state index contributed by atoms with van der Waals surface area (Å²) in [6, 6.07) is 0. The zero-order chi connectivity index (χ0) is 9.78. The maximum Gasteiger partial charge on any atom is -0.0254 e. The van der Waals surface area contributed by atoms with Crippen LogP contribution in [0.15, 0.2) is 0 Å². The molecule has 0 aromatic carbocycles. The van der Waals surface area contributed by atoms with Gasteiger partial charge < -0.3 is 0 Å². The van der Waals surface area contributed by atoms with Crippen LogP contribution in [-0.4, -0.2) is 0 Å². The van der Waals surface area contributed by atoms with Crippen molar-refractivity contribution in [3.05, 3.63) is 0 Å². The molecule has 0 heterocycles. The van der Waals surface area contributed by atoms with E-state index in [2.05, 4.69) is 41.5 Å². The molecule has 0 aliphatic carbocycles. The summed E-state index contributed by atoms with van der Waals surface area (Å²) in [4.78, 5) is 0. The van der Waals surface area contributed by atoms with Gasteiger partial charge in [0, 0.05) is 0 Å². The summed E-state index contributed by atoms with van der Waals surface area (Å²) in [6.45, 7) is 14.2. The zero-order valence-corrected chi connectivity index (χ0v) is 9.78. The normalized spacial score (nSPS) is 15.2. The fraction of sp³-hybridized carbons (Fsp3) is 1.00. The van der Waals surface area contributed by atoms with Crippen LogP contribution in [-0.2, 0) is 0 Å². The number of rotatable bonds is 5. The van der Waals surface area contributed by atoms with E-state index in [4.69, 9.17) is 0 Å². The highest BCUT2D eigenvalue weighted by atomic mass is 14.4. The van der Waals surface area contributed by atoms with E-state index in [0.717, 1.165) is 11.8 Å². The Balaban J connectivity index is 4.56. The molecule has 0 unspecified atom stereocenters. The van der Waals surface area contributed by atoms with Crippen molar-refractivity contribution in [1.82, 2.24) is 0 Å². The molecule has 0 radical (unpaired) electrons.